The Morgan fingerprint density at radius 2 is 1.49 bits per heavy atom. The second kappa shape index (κ2) is 9.84. The molecular weight excluding hydrogens is 541 g/mol. The van der Waals surface area contributed by atoms with Crippen LogP contribution in [0.15, 0.2) is 58.2 Å². The standard InChI is InChI=1S/C21H13F7N2O6S/c1-2-35-19(32)18-16(10-17(31)30(29-18)14-5-3-13(22)4-6-14)36-37(33,34)15-8-11(20(23,24)25)7-12(9-15)21(26,27)28/h3-10H,2H2,1H3. The third kappa shape index (κ3) is 6.25. The molecule has 0 atom stereocenters. The molecule has 0 saturated carbocycles. The maximum Gasteiger partial charge on any atom is 0.416 e. The molecule has 8 nitrogen and oxygen atoms in total. The summed E-state index contributed by atoms with van der Waals surface area (Å²) >= 11 is 0. The van der Waals surface area contributed by atoms with Crippen LogP contribution < -0.4 is 9.74 Å². The molecule has 3 rings (SSSR count). The zero-order valence-corrected chi connectivity index (χ0v) is 19.0. The van der Waals surface area contributed by atoms with Gasteiger partial charge >= 0.3 is 28.4 Å². The first-order valence-electron chi connectivity index (χ1n) is 9.84. The second-order valence-electron chi connectivity index (χ2n) is 7.08. The van der Waals surface area contributed by atoms with Gasteiger partial charge in [0.15, 0.2) is 5.75 Å². The number of carbonyl (C=O) groups excluding carboxylic acids is 1. The zero-order valence-electron chi connectivity index (χ0n) is 18.2. The molecular formula is C21H13F7N2O6S. The SMILES string of the molecule is CCOC(=O)c1nn(-c2ccc(F)cc2)c(=O)cc1OS(=O)(=O)c1cc(C(F)(F)F)cc(C(F)(F)F)c1. The van der Waals surface area contributed by atoms with Crippen molar-refractivity contribution in [2.24, 2.45) is 0 Å². The lowest BCUT2D eigenvalue weighted by atomic mass is 10.1. The molecule has 0 saturated heterocycles. The van der Waals surface area contributed by atoms with Crippen molar-refractivity contribution in [2.45, 2.75) is 24.2 Å². The number of hydrogen-bond donors (Lipinski definition) is 0. The van der Waals surface area contributed by atoms with E-state index in [0.717, 1.165) is 24.3 Å². The molecule has 0 amide bonds. The van der Waals surface area contributed by atoms with E-state index in [1.807, 2.05) is 0 Å². The van der Waals surface area contributed by atoms with E-state index in [1.165, 1.54) is 6.92 Å². The summed E-state index contributed by atoms with van der Waals surface area (Å²) in [6.45, 7) is 1.08. The Hall–Kier alpha value is -3.95. The number of aromatic nitrogens is 2. The molecule has 2 aromatic carbocycles. The number of carbonyl (C=O) groups is 1. The summed E-state index contributed by atoms with van der Waals surface area (Å²) < 4.78 is 127. The summed E-state index contributed by atoms with van der Waals surface area (Å²) in [5, 5.41) is 3.64. The van der Waals surface area contributed by atoms with Crippen molar-refractivity contribution in [3.63, 3.8) is 0 Å². The third-order valence-corrected chi connectivity index (χ3v) is 5.70. The van der Waals surface area contributed by atoms with Crippen LogP contribution in [0.2, 0.25) is 0 Å². The highest BCUT2D eigenvalue weighted by molar-refractivity contribution is 7.87. The van der Waals surface area contributed by atoms with E-state index in [2.05, 4.69) is 9.28 Å². The van der Waals surface area contributed by atoms with Crippen LogP contribution in [0.5, 0.6) is 5.75 Å². The molecule has 0 aliphatic carbocycles. The maximum absolute atomic E-state index is 13.2. The quantitative estimate of drug-likeness (QED) is 0.254. The Kier molecular flexibility index (Phi) is 7.35. The largest absolute Gasteiger partial charge is 0.461 e. The van der Waals surface area contributed by atoms with Crippen LogP contribution in [0.4, 0.5) is 30.7 Å². The molecule has 3 aromatic rings. The van der Waals surface area contributed by atoms with Crippen LogP contribution in [-0.2, 0) is 27.2 Å². The van der Waals surface area contributed by atoms with Crippen LogP contribution in [0.1, 0.15) is 28.5 Å². The first-order valence-corrected chi connectivity index (χ1v) is 11.2. The molecule has 0 unspecified atom stereocenters. The minimum atomic E-state index is -5.50. The summed E-state index contributed by atoms with van der Waals surface area (Å²) in [5.41, 5.74) is -6.08. The monoisotopic (exact) mass is 554 g/mol. The van der Waals surface area contributed by atoms with E-state index < -0.39 is 67.3 Å². The summed E-state index contributed by atoms with van der Waals surface area (Å²) in [7, 11) is -5.50. The van der Waals surface area contributed by atoms with Crippen LogP contribution >= 0.6 is 0 Å². The molecule has 0 bridgehead atoms. The van der Waals surface area contributed by atoms with E-state index in [0.29, 0.717) is 10.7 Å². The number of rotatable bonds is 6. The molecule has 0 aliphatic heterocycles. The first-order chi connectivity index (χ1) is 17.0. The van der Waals surface area contributed by atoms with Gasteiger partial charge in [-0.15, -0.1) is 0 Å². The van der Waals surface area contributed by atoms with Gasteiger partial charge in [0, 0.05) is 0 Å². The van der Waals surface area contributed by atoms with Crippen molar-refractivity contribution < 1.29 is 52.9 Å². The van der Waals surface area contributed by atoms with Crippen LogP contribution in [0, 0.1) is 5.82 Å². The Morgan fingerprint density at radius 3 is 1.97 bits per heavy atom. The molecule has 0 N–H and O–H groups in total. The molecule has 0 radical (unpaired) electrons. The lowest BCUT2D eigenvalue weighted by molar-refractivity contribution is -0.143. The normalized spacial score (nSPS) is 12.3. The topological polar surface area (TPSA) is 105 Å². The molecule has 0 aliphatic rings. The molecule has 198 valence electrons. The summed E-state index contributed by atoms with van der Waals surface area (Å²) in [5.74, 6) is -3.16. The van der Waals surface area contributed by atoms with Crippen molar-refractivity contribution in [2.75, 3.05) is 6.61 Å². The minimum absolute atomic E-state index is 0.0842. The van der Waals surface area contributed by atoms with E-state index in [9.17, 15) is 48.7 Å². The van der Waals surface area contributed by atoms with Gasteiger partial charge in [-0.1, -0.05) is 0 Å². The number of hydrogen-bond acceptors (Lipinski definition) is 7. The molecule has 0 spiro atoms. The fraction of sp³-hybridized carbons (Fsp3) is 0.190. The fourth-order valence-electron chi connectivity index (χ4n) is 2.85. The second-order valence-corrected chi connectivity index (χ2v) is 8.63. The zero-order chi connectivity index (χ0) is 27.8. The summed E-state index contributed by atoms with van der Waals surface area (Å²) in [6.07, 6.45) is -10.7. The van der Waals surface area contributed by atoms with Crippen molar-refractivity contribution in [3.05, 3.63) is 81.5 Å². The first kappa shape index (κ1) is 27.6. The minimum Gasteiger partial charge on any atom is -0.461 e. The number of alkyl halides is 6. The lowest BCUT2D eigenvalue weighted by Crippen LogP contribution is -2.26. The molecule has 1 heterocycles. The van der Waals surface area contributed by atoms with Gasteiger partial charge in [0.25, 0.3) is 5.56 Å². The van der Waals surface area contributed by atoms with Crippen LogP contribution in [0.3, 0.4) is 0 Å². The molecule has 16 heteroatoms. The van der Waals surface area contributed by atoms with Crippen molar-refractivity contribution in [1.82, 2.24) is 9.78 Å². The van der Waals surface area contributed by atoms with Gasteiger partial charge in [-0.25, -0.2) is 9.18 Å². The van der Waals surface area contributed by atoms with Gasteiger partial charge < -0.3 is 8.92 Å². The highest BCUT2D eigenvalue weighted by Crippen LogP contribution is 2.37. The molecule has 37 heavy (non-hydrogen) atoms. The van der Waals surface area contributed by atoms with Gasteiger partial charge in [0.05, 0.1) is 29.5 Å². The van der Waals surface area contributed by atoms with E-state index in [-0.39, 0.29) is 30.5 Å². The number of halogens is 7. The fourth-order valence-corrected chi connectivity index (χ4v) is 3.85. The predicted molar refractivity (Wildman–Crippen MR) is 110 cm³/mol. The maximum atomic E-state index is 13.2. The Balaban J connectivity index is 2.17. The smallest absolute Gasteiger partial charge is 0.416 e. The predicted octanol–water partition coefficient (Wildman–Crippen LogP) is 4.35. The Labute approximate surface area is 203 Å². The number of esters is 1. The number of benzene rings is 2. The van der Waals surface area contributed by atoms with Gasteiger partial charge in [0.2, 0.25) is 5.69 Å². The third-order valence-electron chi connectivity index (χ3n) is 4.49. The summed E-state index contributed by atoms with van der Waals surface area (Å²) in [4.78, 5) is 23.3. The molecule has 1 aromatic heterocycles. The number of nitrogens with zero attached hydrogens (tertiary/aromatic N) is 2. The lowest BCUT2D eigenvalue weighted by Gasteiger charge is -2.15. The van der Waals surface area contributed by atoms with Crippen molar-refractivity contribution >= 4 is 16.1 Å². The van der Waals surface area contributed by atoms with Gasteiger partial charge in [-0.2, -0.15) is 44.5 Å². The van der Waals surface area contributed by atoms with Crippen LogP contribution in [0.25, 0.3) is 5.69 Å². The van der Waals surface area contributed by atoms with Crippen LogP contribution in [-0.4, -0.2) is 30.8 Å². The van der Waals surface area contributed by atoms with E-state index >= 15 is 0 Å². The number of ether oxygens (including phenoxy) is 1. The highest BCUT2D eigenvalue weighted by Gasteiger charge is 2.39. The Morgan fingerprint density at radius 1 is 0.946 bits per heavy atom. The van der Waals surface area contributed by atoms with Gasteiger partial charge in [-0.05, 0) is 49.4 Å². The van der Waals surface area contributed by atoms with Crippen molar-refractivity contribution in [1.29, 1.82) is 0 Å². The average molecular weight is 554 g/mol. The van der Waals surface area contributed by atoms with Crippen molar-refractivity contribution in [3.8, 4) is 11.4 Å². The van der Waals surface area contributed by atoms with E-state index in [4.69, 9.17) is 4.74 Å². The molecule has 0 fully saturated rings. The summed E-state index contributed by atoms with van der Waals surface area (Å²) in [6, 6.07) is 3.92. The van der Waals surface area contributed by atoms with Gasteiger partial charge in [-0.3, -0.25) is 4.79 Å². The van der Waals surface area contributed by atoms with Gasteiger partial charge in [0.1, 0.15) is 10.7 Å². The average Bonchev–Trinajstić information content (AvgIpc) is 2.78. The Bertz CT molecular complexity index is 1470. The van der Waals surface area contributed by atoms with E-state index in [1.54, 1.807) is 0 Å². The highest BCUT2D eigenvalue weighted by atomic mass is 32.2.